The van der Waals surface area contributed by atoms with Gasteiger partial charge in [0, 0.05) is 56.9 Å². The Balaban J connectivity index is 1.26. The van der Waals surface area contributed by atoms with Crippen molar-refractivity contribution in [3.8, 4) is 0 Å². The first-order valence-electron chi connectivity index (χ1n) is 9.27. The van der Waals surface area contributed by atoms with Gasteiger partial charge in [-0.15, -0.1) is 0 Å². The van der Waals surface area contributed by atoms with Crippen molar-refractivity contribution in [2.24, 2.45) is 5.92 Å². The van der Waals surface area contributed by atoms with E-state index >= 15 is 0 Å². The smallest absolute Gasteiger partial charge is 0.0995 e. The van der Waals surface area contributed by atoms with Crippen LogP contribution in [-0.2, 0) is 4.74 Å². The highest BCUT2D eigenvalue weighted by Crippen LogP contribution is 2.30. The Morgan fingerprint density at radius 3 is 2.95 bits per heavy atom. The van der Waals surface area contributed by atoms with Gasteiger partial charge >= 0.3 is 0 Å². The van der Waals surface area contributed by atoms with Crippen molar-refractivity contribution < 1.29 is 4.74 Å². The van der Waals surface area contributed by atoms with Gasteiger partial charge < -0.3 is 15.0 Å². The van der Waals surface area contributed by atoms with Crippen molar-refractivity contribution in [3.05, 3.63) is 0 Å². The van der Waals surface area contributed by atoms with Crippen LogP contribution in [0.3, 0.4) is 0 Å². The number of fused-ring (bicyclic) bond motifs is 2. The molecule has 126 valence electrons. The summed E-state index contributed by atoms with van der Waals surface area (Å²) in [6.45, 7) is 13.9. The number of ether oxygens (including phenoxy) is 1. The molecule has 0 bridgehead atoms. The normalized spacial score (nSPS) is 41.7. The number of nitrogens with zero attached hydrogens (tertiary/aromatic N) is 3. The topological polar surface area (TPSA) is 31.0 Å². The van der Waals surface area contributed by atoms with E-state index in [1.54, 1.807) is 0 Å². The van der Waals surface area contributed by atoms with Crippen LogP contribution in [0.2, 0.25) is 0 Å². The van der Waals surface area contributed by atoms with Crippen LogP contribution >= 0.6 is 0 Å². The Hall–Kier alpha value is -0.200. The second-order valence-corrected chi connectivity index (χ2v) is 7.86. The maximum Gasteiger partial charge on any atom is 0.0995 e. The molecular formula is C17H32N4O. The van der Waals surface area contributed by atoms with Crippen LogP contribution in [0.1, 0.15) is 26.7 Å². The zero-order chi connectivity index (χ0) is 15.1. The van der Waals surface area contributed by atoms with Crippen molar-refractivity contribution >= 4 is 0 Å². The quantitative estimate of drug-likeness (QED) is 0.813. The fraction of sp³-hybridized carbons (Fsp3) is 1.00. The lowest BCUT2D eigenvalue weighted by atomic mass is 9.98. The fourth-order valence-corrected chi connectivity index (χ4v) is 5.06. The van der Waals surface area contributed by atoms with Gasteiger partial charge in [0.25, 0.3) is 0 Å². The average Bonchev–Trinajstić information content (AvgIpc) is 3.19. The molecule has 0 aromatic carbocycles. The summed E-state index contributed by atoms with van der Waals surface area (Å²) < 4.78 is 5.61. The molecule has 1 N–H and O–H groups in total. The monoisotopic (exact) mass is 308 g/mol. The molecule has 0 aromatic heterocycles. The Labute approximate surface area is 134 Å². The lowest BCUT2D eigenvalue weighted by Gasteiger charge is -2.40. The highest BCUT2D eigenvalue weighted by molar-refractivity contribution is 4.99. The molecule has 0 saturated carbocycles. The molecule has 5 heteroatoms. The second-order valence-electron chi connectivity index (χ2n) is 7.86. The fourth-order valence-electron chi connectivity index (χ4n) is 5.06. The minimum atomic E-state index is 0.644. The number of hydrogen-bond acceptors (Lipinski definition) is 5. The molecule has 4 aliphatic rings. The molecule has 0 spiro atoms. The first-order valence-corrected chi connectivity index (χ1v) is 9.27. The predicted molar refractivity (Wildman–Crippen MR) is 87.9 cm³/mol. The second kappa shape index (κ2) is 6.36. The Kier molecular flexibility index (Phi) is 4.43. The van der Waals surface area contributed by atoms with Gasteiger partial charge in [-0.25, -0.2) is 0 Å². The molecule has 4 aliphatic heterocycles. The van der Waals surface area contributed by atoms with E-state index < -0.39 is 0 Å². The van der Waals surface area contributed by atoms with E-state index in [2.05, 4.69) is 33.9 Å². The van der Waals surface area contributed by atoms with Crippen LogP contribution in [0.15, 0.2) is 0 Å². The lowest BCUT2D eigenvalue weighted by molar-refractivity contribution is 0.0656. The summed E-state index contributed by atoms with van der Waals surface area (Å²) in [7, 11) is 0. The summed E-state index contributed by atoms with van der Waals surface area (Å²) in [4.78, 5) is 7.80. The summed E-state index contributed by atoms with van der Waals surface area (Å²) in [6, 6.07) is 2.84. The van der Waals surface area contributed by atoms with Gasteiger partial charge in [-0.2, -0.15) is 0 Å². The zero-order valence-corrected chi connectivity index (χ0v) is 14.2. The SMILES string of the molecule is CCN1CC2CC(CC(C)N3CCN4COCC4C3)NC2C1. The molecule has 0 radical (unpaired) electrons. The van der Waals surface area contributed by atoms with Crippen molar-refractivity contribution in [2.45, 2.75) is 50.9 Å². The van der Waals surface area contributed by atoms with Gasteiger partial charge in [0.05, 0.1) is 13.3 Å². The standard InChI is InChI=1S/C17H32N4O/c1-3-19-8-14-7-15(18-17(14)10-19)6-13(2)20-4-5-21-12-22-11-16(21)9-20/h13-18H,3-12H2,1-2H3. The van der Waals surface area contributed by atoms with Crippen LogP contribution in [0.25, 0.3) is 0 Å². The molecule has 0 amide bonds. The number of nitrogens with one attached hydrogen (secondary N) is 1. The van der Waals surface area contributed by atoms with Crippen molar-refractivity contribution in [2.75, 3.05) is 52.6 Å². The molecular weight excluding hydrogens is 276 g/mol. The van der Waals surface area contributed by atoms with Gasteiger partial charge in [0.15, 0.2) is 0 Å². The summed E-state index contributed by atoms with van der Waals surface area (Å²) in [5.74, 6) is 0.900. The van der Waals surface area contributed by atoms with E-state index in [1.165, 1.54) is 52.1 Å². The van der Waals surface area contributed by atoms with Crippen LogP contribution < -0.4 is 5.32 Å². The van der Waals surface area contributed by atoms with E-state index in [-0.39, 0.29) is 0 Å². The van der Waals surface area contributed by atoms with Gasteiger partial charge in [0.1, 0.15) is 0 Å². The Morgan fingerprint density at radius 2 is 2.14 bits per heavy atom. The third-order valence-electron chi connectivity index (χ3n) is 6.45. The third kappa shape index (κ3) is 2.94. The predicted octanol–water partition coefficient (Wildman–Crippen LogP) is 0.421. The minimum absolute atomic E-state index is 0.644. The van der Waals surface area contributed by atoms with E-state index in [9.17, 15) is 0 Å². The number of rotatable bonds is 4. The molecule has 0 aliphatic carbocycles. The molecule has 5 atom stereocenters. The van der Waals surface area contributed by atoms with Crippen molar-refractivity contribution in [1.82, 2.24) is 20.0 Å². The highest BCUT2D eigenvalue weighted by Gasteiger charge is 2.41. The van der Waals surface area contributed by atoms with Crippen LogP contribution in [-0.4, -0.2) is 91.5 Å². The van der Waals surface area contributed by atoms with E-state index in [1.807, 2.05) is 0 Å². The maximum absolute atomic E-state index is 5.61. The van der Waals surface area contributed by atoms with Gasteiger partial charge in [-0.05, 0) is 32.2 Å². The minimum Gasteiger partial charge on any atom is -0.364 e. The first-order chi connectivity index (χ1) is 10.7. The Bertz CT molecular complexity index is 379. The van der Waals surface area contributed by atoms with E-state index in [4.69, 9.17) is 4.74 Å². The number of hydrogen-bond donors (Lipinski definition) is 1. The van der Waals surface area contributed by atoms with E-state index in [0.29, 0.717) is 12.1 Å². The summed E-state index contributed by atoms with van der Waals surface area (Å²) >= 11 is 0. The van der Waals surface area contributed by atoms with Crippen LogP contribution in [0, 0.1) is 5.92 Å². The van der Waals surface area contributed by atoms with Gasteiger partial charge in [-0.3, -0.25) is 9.80 Å². The molecule has 4 saturated heterocycles. The summed E-state index contributed by atoms with van der Waals surface area (Å²) in [5, 5.41) is 3.93. The van der Waals surface area contributed by atoms with Gasteiger partial charge in [-0.1, -0.05) is 6.92 Å². The van der Waals surface area contributed by atoms with E-state index in [0.717, 1.165) is 31.3 Å². The summed E-state index contributed by atoms with van der Waals surface area (Å²) in [6.07, 6.45) is 2.70. The molecule has 5 nitrogen and oxygen atoms in total. The zero-order valence-electron chi connectivity index (χ0n) is 14.2. The Morgan fingerprint density at radius 1 is 1.23 bits per heavy atom. The summed E-state index contributed by atoms with van der Waals surface area (Å²) in [5.41, 5.74) is 0. The van der Waals surface area contributed by atoms with Crippen molar-refractivity contribution in [3.63, 3.8) is 0 Å². The van der Waals surface area contributed by atoms with Crippen LogP contribution in [0.5, 0.6) is 0 Å². The molecule has 4 heterocycles. The molecule has 22 heavy (non-hydrogen) atoms. The number of likely N-dealkylation sites (tertiary alicyclic amines) is 1. The molecule has 0 aromatic rings. The molecule has 4 fully saturated rings. The number of piperazine rings is 1. The first kappa shape index (κ1) is 15.3. The van der Waals surface area contributed by atoms with Crippen molar-refractivity contribution in [1.29, 1.82) is 0 Å². The molecule has 4 rings (SSSR count). The maximum atomic E-state index is 5.61. The number of likely N-dealkylation sites (N-methyl/N-ethyl adjacent to an activating group) is 1. The third-order valence-corrected chi connectivity index (χ3v) is 6.45. The molecule has 5 unspecified atom stereocenters. The van der Waals surface area contributed by atoms with Crippen LogP contribution in [0.4, 0.5) is 0 Å². The largest absolute Gasteiger partial charge is 0.364 e. The highest BCUT2D eigenvalue weighted by atomic mass is 16.5. The van der Waals surface area contributed by atoms with Gasteiger partial charge in [0.2, 0.25) is 0 Å². The lowest BCUT2D eigenvalue weighted by Crippen LogP contribution is -2.54. The average molecular weight is 308 g/mol.